The highest BCUT2D eigenvalue weighted by molar-refractivity contribution is 6.30. The predicted molar refractivity (Wildman–Crippen MR) is 101 cm³/mol. The molecule has 0 aliphatic heterocycles. The number of aromatic amines is 1. The molecule has 0 saturated heterocycles. The number of hydrogen-bond donors (Lipinski definition) is 1. The Labute approximate surface area is 160 Å². The van der Waals surface area contributed by atoms with Crippen molar-refractivity contribution in [3.63, 3.8) is 0 Å². The lowest BCUT2D eigenvalue weighted by molar-refractivity contribution is -0.749. The molecule has 0 saturated carbocycles. The SMILES string of the molecule is CCOC(=O)c1c(=O)n(N=Cc2ccc(Cl)cc2)[nH][n+]1Cc1ccccc1. The van der Waals surface area contributed by atoms with Crippen molar-refractivity contribution in [1.29, 1.82) is 0 Å². The molecule has 3 rings (SSSR count). The minimum atomic E-state index is -0.699. The number of halogens is 1. The molecule has 1 heterocycles. The van der Waals surface area contributed by atoms with E-state index in [1.165, 1.54) is 10.9 Å². The molecule has 1 aromatic heterocycles. The van der Waals surface area contributed by atoms with Crippen LogP contribution in [0.3, 0.4) is 0 Å². The fourth-order valence-corrected chi connectivity index (χ4v) is 2.58. The number of nitrogens with zero attached hydrogens (tertiary/aromatic N) is 3. The van der Waals surface area contributed by atoms with Gasteiger partial charge in [-0.2, -0.15) is 0 Å². The second-order valence-electron chi connectivity index (χ2n) is 5.65. The van der Waals surface area contributed by atoms with E-state index in [9.17, 15) is 9.59 Å². The van der Waals surface area contributed by atoms with Gasteiger partial charge < -0.3 is 4.74 Å². The number of ether oxygens (including phenoxy) is 1. The highest BCUT2D eigenvalue weighted by atomic mass is 35.5. The van der Waals surface area contributed by atoms with Crippen LogP contribution in [0.2, 0.25) is 5.02 Å². The van der Waals surface area contributed by atoms with Gasteiger partial charge in [0.05, 0.1) is 12.8 Å². The number of esters is 1. The molecular weight excluding hydrogens is 368 g/mol. The van der Waals surface area contributed by atoms with E-state index in [4.69, 9.17) is 16.3 Å². The Morgan fingerprint density at radius 3 is 2.59 bits per heavy atom. The highest BCUT2D eigenvalue weighted by Crippen LogP contribution is 2.07. The molecule has 2 aromatic carbocycles. The van der Waals surface area contributed by atoms with Crippen molar-refractivity contribution in [2.24, 2.45) is 5.10 Å². The monoisotopic (exact) mass is 385 g/mol. The summed E-state index contributed by atoms with van der Waals surface area (Å²) in [5.74, 6) is -0.699. The number of aromatic nitrogens is 3. The van der Waals surface area contributed by atoms with Crippen LogP contribution in [0.1, 0.15) is 28.5 Å². The van der Waals surface area contributed by atoms with E-state index in [0.717, 1.165) is 15.9 Å². The van der Waals surface area contributed by atoms with E-state index in [2.05, 4.69) is 10.3 Å². The molecule has 0 radical (unpaired) electrons. The van der Waals surface area contributed by atoms with Crippen LogP contribution in [0.5, 0.6) is 0 Å². The van der Waals surface area contributed by atoms with Gasteiger partial charge in [-0.3, -0.25) is 0 Å². The summed E-state index contributed by atoms with van der Waals surface area (Å²) in [6.07, 6.45) is 1.50. The fourth-order valence-electron chi connectivity index (χ4n) is 2.45. The molecule has 27 heavy (non-hydrogen) atoms. The highest BCUT2D eigenvalue weighted by Gasteiger charge is 2.29. The summed E-state index contributed by atoms with van der Waals surface area (Å²) in [4.78, 5) is 25.9. The van der Waals surface area contributed by atoms with Gasteiger partial charge in [-0.05, 0) is 30.2 Å². The first-order valence-electron chi connectivity index (χ1n) is 8.34. The van der Waals surface area contributed by atoms with Gasteiger partial charge in [0.15, 0.2) is 0 Å². The zero-order valence-electron chi connectivity index (χ0n) is 14.6. The van der Waals surface area contributed by atoms with Crippen molar-refractivity contribution in [3.05, 3.63) is 86.8 Å². The molecule has 7 nitrogen and oxygen atoms in total. The fraction of sp³-hybridized carbons (Fsp3) is 0.158. The second-order valence-corrected chi connectivity index (χ2v) is 6.09. The molecule has 0 spiro atoms. The van der Waals surface area contributed by atoms with Crippen molar-refractivity contribution in [2.45, 2.75) is 13.5 Å². The van der Waals surface area contributed by atoms with Crippen LogP contribution in [0, 0.1) is 0 Å². The quantitative estimate of drug-likeness (QED) is 0.401. The van der Waals surface area contributed by atoms with E-state index < -0.39 is 11.5 Å². The molecule has 1 N–H and O–H groups in total. The van der Waals surface area contributed by atoms with Crippen LogP contribution in [-0.2, 0) is 11.3 Å². The third-order valence-corrected chi connectivity index (χ3v) is 3.98. The van der Waals surface area contributed by atoms with Crippen molar-refractivity contribution >= 4 is 23.8 Å². The van der Waals surface area contributed by atoms with Crippen LogP contribution in [0.15, 0.2) is 64.5 Å². The number of benzene rings is 2. The molecule has 0 aliphatic rings. The number of carbonyl (C=O) groups excluding carboxylic acids is 1. The normalized spacial score (nSPS) is 11.0. The zero-order chi connectivity index (χ0) is 19.2. The van der Waals surface area contributed by atoms with Gasteiger partial charge in [0.1, 0.15) is 6.54 Å². The van der Waals surface area contributed by atoms with Crippen LogP contribution in [-0.4, -0.2) is 28.8 Å². The number of rotatable bonds is 6. The molecule has 0 bridgehead atoms. The summed E-state index contributed by atoms with van der Waals surface area (Å²) in [7, 11) is 0. The Morgan fingerprint density at radius 2 is 1.93 bits per heavy atom. The number of H-pyrrole nitrogens is 1. The van der Waals surface area contributed by atoms with Gasteiger partial charge in [0.25, 0.3) is 0 Å². The lowest BCUT2D eigenvalue weighted by atomic mass is 10.2. The maximum Gasteiger partial charge on any atom is 0.434 e. The molecule has 0 unspecified atom stereocenters. The summed E-state index contributed by atoms with van der Waals surface area (Å²) < 4.78 is 6.44. The summed E-state index contributed by atoms with van der Waals surface area (Å²) in [6, 6.07) is 16.4. The van der Waals surface area contributed by atoms with Crippen molar-refractivity contribution in [2.75, 3.05) is 6.61 Å². The van der Waals surface area contributed by atoms with Crippen LogP contribution >= 0.6 is 11.6 Å². The third kappa shape index (κ3) is 4.51. The van der Waals surface area contributed by atoms with Gasteiger partial charge in [0.2, 0.25) is 0 Å². The first-order valence-corrected chi connectivity index (χ1v) is 8.72. The van der Waals surface area contributed by atoms with Crippen molar-refractivity contribution < 1.29 is 14.2 Å². The third-order valence-electron chi connectivity index (χ3n) is 3.72. The second kappa shape index (κ2) is 8.46. The van der Waals surface area contributed by atoms with E-state index in [1.807, 2.05) is 30.3 Å². The average Bonchev–Trinajstić information content (AvgIpc) is 2.97. The van der Waals surface area contributed by atoms with Gasteiger partial charge in [-0.15, -0.1) is 4.68 Å². The Bertz CT molecular complexity index is 1010. The minimum absolute atomic E-state index is 0.117. The molecule has 0 atom stereocenters. The molecule has 0 amide bonds. The first kappa shape index (κ1) is 18.6. The molecule has 3 aromatic rings. The van der Waals surface area contributed by atoms with Gasteiger partial charge in [-0.1, -0.05) is 64.4 Å². The average molecular weight is 386 g/mol. The van der Waals surface area contributed by atoms with E-state index in [-0.39, 0.29) is 12.3 Å². The molecular formula is C19H18ClN4O3+. The summed E-state index contributed by atoms with van der Waals surface area (Å²) in [5.41, 5.74) is 0.972. The lowest BCUT2D eigenvalue weighted by Gasteiger charge is -2.00. The van der Waals surface area contributed by atoms with Gasteiger partial charge in [-0.25, -0.2) is 9.59 Å². The number of nitrogens with one attached hydrogen (secondary N) is 1. The topological polar surface area (TPSA) is 80.3 Å². The van der Waals surface area contributed by atoms with Gasteiger partial charge in [0, 0.05) is 9.81 Å². The first-order chi connectivity index (χ1) is 13.1. The van der Waals surface area contributed by atoms with Crippen molar-refractivity contribution in [1.82, 2.24) is 10.0 Å². The summed E-state index contributed by atoms with van der Waals surface area (Å²) in [5, 5.41) is 7.54. The number of hydrogen-bond acceptors (Lipinski definition) is 4. The lowest BCUT2D eigenvalue weighted by Crippen LogP contribution is -2.44. The molecule has 0 fully saturated rings. The Kier molecular flexibility index (Phi) is 5.83. The van der Waals surface area contributed by atoms with E-state index >= 15 is 0 Å². The largest absolute Gasteiger partial charge is 0.459 e. The smallest absolute Gasteiger partial charge is 0.434 e. The molecule has 138 valence electrons. The maximum absolute atomic E-state index is 12.6. The van der Waals surface area contributed by atoms with Crippen molar-refractivity contribution in [3.8, 4) is 0 Å². The Morgan fingerprint density at radius 1 is 1.22 bits per heavy atom. The zero-order valence-corrected chi connectivity index (χ0v) is 15.4. The van der Waals surface area contributed by atoms with E-state index in [1.54, 1.807) is 31.2 Å². The Balaban J connectivity index is 1.97. The molecule has 0 aliphatic carbocycles. The van der Waals surface area contributed by atoms with Crippen LogP contribution in [0.4, 0.5) is 0 Å². The minimum Gasteiger partial charge on any atom is -0.459 e. The predicted octanol–water partition coefficient (Wildman–Crippen LogP) is 2.22. The number of carbonyl (C=O) groups is 1. The molecule has 8 heteroatoms. The van der Waals surface area contributed by atoms with Gasteiger partial charge >= 0.3 is 17.2 Å². The summed E-state index contributed by atoms with van der Waals surface area (Å²) in [6.45, 7) is 2.15. The maximum atomic E-state index is 12.6. The van der Waals surface area contributed by atoms with Crippen LogP contribution in [0.25, 0.3) is 0 Å². The Hall–Kier alpha value is -3.19. The summed E-state index contributed by atoms with van der Waals surface area (Å²) >= 11 is 5.86. The van der Waals surface area contributed by atoms with E-state index in [0.29, 0.717) is 11.6 Å². The van der Waals surface area contributed by atoms with Crippen LogP contribution < -0.4 is 10.2 Å². The standard InChI is InChI=1S/C19H17ClN4O3/c1-2-27-19(26)17-18(25)24(21-12-14-8-10-16(20)11-9-14)22-23(17)13-15-6-4-3-5-7-15/h3-12H,2,13H2,1H3/p+1.